The van der Waals surface area contributed by atoms with Crippen LogP contribution in [-0.4, -0.2) is 20.8 Å². The molecule has 84 valence electrons. The van der Waals surface area contributed by atoms with Crippen LogP contribution in [0.2, 0.25) is 0 Å². The number of aromatic amines is 1. The molecule has 0 aliphatic heterocycles. The number of aryl methyl sites for hydroxylation is 1. The van der Waals surface area contributed by atoms with Crippen LogP contribution in [0, 0.1) is 12.8 Å². The van der Waals surface area contributed by atoms with Crippen molar-refractivity contribution in [3.05, 3.63) is 22.4 Å². The Bertz CT molecular complexity index is 394. The molecule has 4 nitrogen and oxygen atoms in total. The van der Waals surface area contributed by atoms with Gasteiger partial charge in [-0.3, -0.25) is 4.57 Å². The van der Waals surface area contributed by atoms with E-state index in [2.05, 4.69) is 11.9 Å². The molecule has 0 radical (unpaired) electrons. The lowest BCUT2D eigenvalue weighted by Crippen LogP contribution is -2.33. The Balaban J connectivity index is 2.28. The molecular formula is C11H18N2O2. The van der Waals surface area contributed by atoms with Crippen LogP contribution in [0.5, 0.6) is 0 Å². The molecule has 3 unspecified atom stereocenters. The number of hydrogen-bond acceptors (Lipinski definition) is 2. The second kappa shape index (κ2) is 3.85. The number of aliphatic hydroxyl groups excluding tert-OH is 1. The Hall–Kier alpha value is -1.03. The highest BCUT2D eigenvalue weighted by molar-refractivity contribution is 4.97. The number of nitrogens with zero attached hydrogens (tertiary/aromatic N) is 1. The SMILES string of the molecule is Cc1cn(C2CC(O)CCC2C)c(=O)[nH]1. The largest absolute Gasteiger partial charge is 0.393 e. The number of hydrogen-bond donors (Lipinski definition) is 2. The van der Waals surface area contributed by atoms with Gasteiger partial charge in [-0.25, -0.2) is 4.79 Å². The lowest BCUT2D eigenvalue weighted by molar-refractivity contribution is 0.0768. The van der Waals surface area contributed by atoms with Crippen molar-refractivity contribution in [3.8, 4) is 0 Å². The van der Waals surface area contributed by atoms with Crippen LogP contribution < -0.4 is 5.69 Å². The van der Waals surface area contributed by atoms with E-state index in [-0.39, 0.29) is 17.8 Å². The van der Waals surface area contributed by atoms with Crippen molar-refractivity contribution in [2.45, 2.75) is 45.3 Å². The van der Waals surface area contributed by atoms with E-state index in [9.17, 15) is 9.90 Å². The quantitative estimate of drug-likeness (QED) is 0.732. The molecule has 15 heavy (non-hydrogen) atoms. The predicted octanol–water partition coefficient (Wildman–Crippen LogP) is 1.21. The first-order chi connectivity index (χ1) is 7.08. The van der Waals surface area contributed by atoms with Gasteiger partial charge in [0, 0.05) is 17.9 Å². The third kappa shape index (κ3) is 2.00. The van der Waals surface area contributed by atoms with E-state index in [1.54, 1.807) is 4.57 Å². The third-order valence-electron chi connectivity index (χ3n) is 3.35. The third-order valence-corrected chi connectivity index (χ3v) is 3.35. The molecule has 1 fully saturated rings. The molecule has 2 N–H and O–H groups in total. The van der Waals surface area contributed by atoms with Gasteiger partial charge in [-0.15, -0.1) is 0 Å². The van der Waals surface area contributed by atoms with Crippen LogP contribution in [0.15, 0.2) is 11.0 Å². The van der Waals surface area contributed by atoms with Crippen molar-refractivity contribution in [2.75, 3.05) is 0 Å². The number of aliphatic hydroxyl groups is 1. The summed E-state index contributed by atoms with van der Waals surface area (Å²) in [7, 11) is 0. The van der Waals surface area contributed by atoms with Gasteiger partial charge < -0.3 is 10.1 Å². The van der Waals surface area contributed by atoms with Gasteiger partial charge in [0.15, 0.2) is 0 Å². The Morgan fingerprint density at radius 1 is 1.53 bits per heavy atom. The highest BCUT2D eigenvalue weighted by Crippen LogP contribution is 2.32. The molecular weight excluding hydrogens is 192 g/mol. The number of nitrogens with one attached hydrogen (secondary N) is 1. The number of imidazole rings is 1. The van der Waals surface area contributed by atoms with Crippen LogP contribution in [0.3, 0.4) is 0 Å². The summed E-state index contributed by atoms with van der Waals surface area (Å²) in [6.07, 6.45) is 4.13. The van der Waals surface area contributed by atoms with E-state index in [4.69, 9.17) is 0 Å². The van der Waals surface area contributed by atoms with Crippen molar-refractivity contribution in [1.82, 2.24) is 9.55 Å². The van der Waals surface area contributed by atoms with E-state index in [0.717, 1.165) is 18.5 Å². The first kappa shape index (κ1) is 10.5. The fourth-order valence-electron chi connectivity index (χ4n) is 2.44. The minimum atomic E-state index is -0.256. The summed E-state index contributed by atoms with van der Waals surface area (Å²) in [4.78, 5) is 14.4. The lowest BCUT2D eigenvalue weighted by Gasteiger charge is -2.32. The standard InChI is InChI=1S/C11H18N2O2/c1-7-3-4-9(14)5-10(7)13-6-8(2)12-11(13)15/h6-7,9-10,14H,3-5H2,1-2H3,(H,12,15). The Morgan fingerprint density at radius 2 is 2.27 bits per heavy atom. The van der Waals surface area contributed by atoms with E-state index < -0.39 is 0 Å². The van der Waals surface area contributed by atoms with Crippen LogP contribution >= 0.6 is 0 Å². The van der Waals surface area contributed by atoms with Crippen LogP contribution in [-0.2, 0) is 0 Å². The van der Waals surface area contributed by atoms with Crippen LogP contribution in [0.1, 0.15) is 37.9 Å². The fourth-order valence-corrected chi connectivity index (χ4v) is 2.44. The molecule has 1 aromatic rings. The van der Waals surface area contributed by atoms with E-state index in [0.29, 0.717) is 12.3 Å². The average Bonchev–Trinajstić information content (AvgIpc) is 2.50. The second-order valence-corrected chi connectivity index (χ2v) is 4.66. The minimum absolute atomic E-state index is 0.0570. The molecule has 0 aromatic carbocycles. The van der Waals surface area contributed by atoms with Gasteiger partial charge in [0.1, 0.15) is 0 Å². The zero-order chi connectivity index (χ0) is 11.0. The fraction of sp³-hybridized carbons (Fsp3) is 0.727. The van der Waals surface area contributed by atoms with Crippen molar-refractivity contribution >= 4 is 0 Å². The first-order valence-electron chi connectivity index (χ1n) is 5.53. The molecule has 0 amide bonds. The second-order valence-electron chi connectivity index (χ2n) is 4.66. The molecule has 0 spiro atoms. The summed E-state index contributed by atoms with van der Waals surface area (Å²) < 4.78 is 1.74. The summed E-state index contributed by atoms with van der Waals surface area (Å²) in [5, 5.41) is 9.63. The molecule has 3 atom stereocenters. The van der Waals surface area contributed by atoms with Gasteiger partial charge in [0.2, 0.25) is 0 Å². The van der Waals surface area contributed by atoms with E-state index in [1.165, 1.54) is 0 Å². The average molecular weight is 210 g/mol. The van der Waals surface area contributed by atoms with Gasteiger partial charge in [-0.2, -0.15) is 0 Å². The molecule has 0 saturated heterocycles. The van der Waals surface area contributed by atoms with E-state index >= 15 is 0 Å². The number of H-pyrrole nitrogens is 1. The summed E-state index contributed by atoms with van der Waals surface area (Å²) in [5.41, 5.74) is 0.825. The monoisotopic (exact) mass is 210 g/mol. The van der Waals surface area contributed by atoms with Crippen molar-refractivity contribution < 1.29 is 5.11 Å². The molecule has 1 aromatic heterocycles. The summed E-state index contributed by atoms with van der Waals surface area (Å²) in [6, 6.07) is 0.145. The first-order valence-corrected chi connectivity index (χ1v) is 5.53. The van der Waals surface area contributed by atoms with Gasteiger partial charge in [-0.05, 0) is 32.1 Å². The molecule has 1 aliphatic rings. The Morgan fingerprint density at radius 3 is 2.87 bits per heavy atom. The molecule has 1 saturated carbocycles. The lowest BCUT2D eigenvalue weighted by atomic mass is 9.84. The minimum Gasteiger partial charge on any atom is -0.393 e. The summed E-state index contributed by atoms with van der Waals surface area (Å²) >= 11 is 0. The Kier molecular flexibility index (Phi) is 2.69. The summed E-state index contributed by atoms with van der Waals surface area (Å²) in [5.74, 6) is 0.460. The van der Waals surface area contributed by atoms with Gasteiger partial charge >= 0.3 is 5.69 Å². The maximum Gasteiger partial charge on any atom is 0.325 e. The van der Waals surface area contributed by atoms with Crippen LogP contribution in [0.25, 0.3) is 0 Å². The van der Waals surface area contributed by atoms with Crippen molar-refractivity contribution in [3.63, 3.8) is 0 Å². The van der Waals surface area contributed by atoms with E-state index in [1.807, 2.05) is 13.1 Å². The van der Waals surface area contributed by atoms with Crippen LogP contribution in [0.4, 0.5) is 0 Å². The van der Waals surface area contributed by atoms with Gasteiger partial charge in [0.25, 0.3) is 0 Å². The predicted molar refractivity (Wildman–Crippen MR) is 57.8 cm³/mol. The van der Waals surface area contributed by atoms with Crippen molar-refractivity contribution in [2.24, 2.45) is 5.92 Å². The Labute approximate surface area is 88.9 Å². The topological polar surface area (TPSA) is 58.0 Å². The molecule has 1 heterocycles. The zero-order valence-electron chi connectivity index (χ0n) is 9.23. The number of aromatic nitrogens is 2. The molecule has 1 aliphatic carbocycles. The van der Waals surface area contributed by atoms with Gasteiger partial charge in [0.05, 0.1) is 6.10 Å². The highest BCUT2D eigenvalue weighted by Gasteiger charge is 2.28. The van der Waals surface area contributed by atoms with Crippen molar-refractivity contribution in [1.29, 1.82) is 0 Å². The molecule has 2 rings (SSSR count). The van der Waals surface area contributed by atoms with Gasteiger partial charge in [-0.1, -0.05) is 6.92 Å². The highest BCUT2D eigenvalue weighted by atomic mass is 16.3. The maximum absolute atomic E-state index is 11.6. The number of rotatable bonds is 1. The molecule has 4 heteroatoms. The molecule has 0 bridgehead atoms. The maximum atomic E-state index is 11.6. The summed E-state index contributed by atoms with van der Waals surface area (Å²) in [6.45, 7) is 4.02. The normalized spacial score (nSPS) is 31.8. The smallest absolute Gasteiger partial charge is 0.325 e. The zero-order valence-corrected chi connectivity index (χ0v) is 9.23.